The SMILES string of the molecule is N=C(N)N1CCN(c2nc3ccc(C(F)(F)F)ccc-3n2)CC1. The van der Waals surface area contributed by atoms with Crippen LogP contribution in [-0.2, 0) is 6.18 Å². The number of nitrogens with two attached hydrogens (primary N) is 1. The van der Waals surface area contributed by atoms with Gasteiger partial charge in [-0.05, 0) is 24.3 Å². The second-order valence-corrected chi connectivity index (χ2v) is 5.27. The molecular formula is C14H15F3N6. The monoisotopic (exact) mass is 324 g/mol. The molecule has 1 fully saturated rings. The third kappa shape index (κ3) is 3.13. The number of hydrogen-bond acceptors (Lipinski definition) is 4. The van der Waals surface area contributed by atoms with Gasteiger partial charge in [0.05, 0.1) is 17.0 Å². The van der Waals surface area contributed by atoms with Crippen LogP contribution in [0, 0.1) is 5.41 Å². The van der Waals surface area contributed by atoms with Gasteiger partial charge in [0.15, 0.2) is 5.96 Å². The number of alkyl halides is 3. The molecule has 9 heteroatoms. The van der Waals surface area contributed by atoms with Crippen molar-refractivity contribution >= 4 is 11.9 Å². The average Bonchev–Trinajstić information content (AvgIpc) is 2.79. The van der Waals surface area contributed by atoms with Crippen LogP contribution in [0.15, 0.2) is 24.3 Å². The number of nitrogens with one attached hydrogen (secondary N) is 1. The molecule has 0 aromatic rings. The van der Waals surface area contributed by atoms with E-state index >= 15 is 0 Å². The smallest absolute Gasteiger partial charge is 0.370 e. The lowest BCUT2D eigenvalue weighted by Crippen LogP contribution is -2.51. The number of fused-ring (bicyclic) bond motifs is 1. The molecule has 0 unspecified atom stereocenters. The first-order valence-electron chi connectivity index (χ1n) is 7.03. The molecule has 3 aliphatic rings. The molecule has 3 N–H and O–H groups in total. The fourth-order valence-corrected chi connectivity index (χ4v) is 2.47. The summed E-state index contributed by atoms with van der Waals surface area (Å²) in [6.45, 7) is 2.39. The maximum Gasteiger partial charge on any atom is 0.416 e. The van der Waals surface area contributed by atoms with E-state index in [0.717, 1.165) is 12.1 Å². The fraction of sp³-hybridized carbons (Fsp3) is 0.357. The van der Waals surface area contributed by atoms with Crippen LogP contribution >= 0.6 is 0 Å². The summed E-state index contributed by atoms with van der Waals surface area (Å²) in [4.78, 5) is 12.3. The van der Waals surface area contributed by atoms with E-state index in [1.54, 1.807) is 4.90 Å². The van der Waals surface area contributed by atoms with E-state index in [1.165, 1.54) is 12.1 Å². The minimum atomic E-state index is -4.39. The Morgan fingerprint density at radius 2 is 1.52 bits per heavy atom. The first-order chi connectivity index (χ1) is 10.8. The summed E-state index contributed by atoms with van der Waals surface area (Å²) >= 11 is 0. The van der Waals surface area contributed by atoms with Crippen molar-refractivity contribution in [1.29, 1.82) is 5.41 Å². The molecule has 0 atom stereocenters. The van der Waals surface area contributed by atoms with E-state index in [9.17, 15) is 13.2 Å². The molecule has 0 aromatic carbocycles. The van der Waals surface area contributed by atoms with Gasteiger partial charge in [-0.25, -0.2) is 9.97 Å². The number of rotatable bonds is 1. The molecule has 1 saturated heterocycles. The van der Waals surface area contributed by atoms with Crippen molar-refractivity contribution in [2.24, 2.45) is 5.73 Å². The van der Waals surface area contributed by atoms with Gasteiger partial charge in [-0.1, -0.05) is 0 Å². The number of guanidine groups is 1. The minimum Gasteiger partial charge on any atom is -0.370 e. The molecule has 0 saturated carbocycles. The third-order valence-corrected chi connectivity index (χ3v) is 3.78. The minimum absolute atomic E-state index is 0.0324. The molecule has 3 rings (SSSR count). The lowest BCUT2D eigenvalue weighted by Gasteiger charge is -2.34. The molecule has 0 aromatic heterocycles. The Morgan fingerprint density at radius 3 is 1.96 bits per heavy atom. The van der Waals surface area contributed by atoms with Crippen LogP contribution in [0.2, 0.25) is 0 Å². The molecule has 1 aliphatic carbocycles. The highest BCUT2D eigenvalue weighted by Gasteiger charge is 2.30. The molecule has 2 aliphatic heterocycles. The second-order valence-electron chi connectivity index (χ2n) is 5.27. The Kier molecular flexibility index (Phi) is 3.70. The lowest BCUT2D eigenvalue weighted by molar-refractivity contribution is -0.137. The second kappa shape index (κ2) is 5.56. The van der Waals surface area contributed by atoms with Crippen LogP contribution in [0.5, 0.6) is 0 Å². The highest BCUT2D eigenvalue weighted by atomic mass is 19.4. The van der Waals surface area contributed by atoms with Gasteiger partial charge < -0.3 is 15.5 Å². The number of anilines is 1. The summed E-state index contributed by atoms with van der Waals surface area (Å²) < 4.78 is 38.1. The van der Waals surface area contributed by atoms with Crippen molar-refractivity contribution in [1.82, 2.24) is 14.9 Å². The van der Waals surface area contributed by atoms with Crippen LogP contribution in [-0.4, -0.2) is 47.0 Å². The molecular weight excluding hydrogens is 309 g/mol. The molecule has 0 radical (unpaired) electrons. The lowest BCUT2D eigenvalue weighted by atomic mass is 10.3. The number of piperazine rings is 1. The summed E-state index contributed by atoms with van der Waals surface area (Å²) in [6.07, 6.45) is -4.39. The van der Waals surface area contributed by atoms with E-state index in [2.05, 4.69) is 9.97 Å². The maximum atomic E-state index is 12.7. The van der Waals surface area contributed by atoms with Crippen molar-refractivity contribution in [3.05, 3.63) is 29.8 Å². The molecule has 23 heavy (non-hydrogen) atoms. The normalized spacial score (nSPS) is 16.0. The summed E-state index contributed by atoms with van der Waals surface area (Å²) in [5, 5.41) is 7.40. The van der Waals surface area contributed by atoms with E-state index < -0.39 is 11.7 Å². The summed E-state index contributed by atoms with van der Waals surface area (Å²) in [7, 11) is 0. The van der Waals surface area contributed by atoms with Crippen molar-refractivity contribution < 1.29 is 13.2 Å². The predicted molar refractivity (Wildman–Crippen MR) is 79.4 cm³/mol. The van der Waals surface area contributed by atoms with Crippen LogP contribution < -0.4 is 10.6 Å². The van der Waals surface area contributed by atoms with Crippen molar-refractivity contribution in [2.45, 2.75) is 6.18 Å². The summed E-state index contributed by atoms with van der Waals surface area (Å²) in [5.74, 6) is 0.521. The fourth-order valence-electron chi connectivity index (χ4n) is 2.47. The van der Waals surface area contributed by atoms with E-state index in [0.29, 0.717) is 43.5 Å². The van der Waals surface area contributed by atoms with Gasteiger partial charge >= 0.3 is 6.18 Å². The van der Waals surface area contributed by atoms with Crippen molar-refractivity contribution in [3.63, 3.8) is 0 Å². The molecule has 0 amide bonds. The zero-order valence-corrected chi connectivity index (χ0v) is 12.1. The zero-order valence-electron chi connectivity index (χ0n) is 12.1. The average molecular weight is 324 g/mol. The number of hydrogen-bond donors (Lipinski definition) is 2. The quantitative estimate of drug-likeness (QED) is 0.615. The Labute approximate surface area is 130 Å². The molecule has 6 nitrogen and oxygen atoms in total. The van der Waals surface area contributed by atoms with Crippen molar-refractivity contribution in [2.75, 3.05) is 31.1 Å². The highest BCUT2D eigenvalue weighted by molar-refractivity contribution is 5.75. The van der Waals surface area contributed by atoms with Gasteiger partial charge in [-0.2, -0.15) is 13.2 Å². The van der Waals surface area contributed by atoms with Gasteiger partial charge in [-0.15, -0.1) is 0 Å². The Bertz CT molecular complexity index is 660. The van der Waals surface area contributed by atoms with E-state index in [4.69, 9.17) is 11.1 Å². The Balaban J connectivity index is 1.82. The molecule has 0 spiro atoms. The molecule has 0 bridgehead atoms. The standard InChI is InChI=1S/C14H15F3N6/c15-14(16,17)9-1-3-10-11(4-2-9)21-13(20-10)23-7-5-22(6-8-23)12(18)19/h1-4H,5-8H2,(H3,18,19). The van der Waals surface area contributed by atoms with Gasteiger partial charge in [0.1, 0.15) is 0 Å². The van der Waals surface area contributed by atoms with Crippen molar-refractivity contribution in [3.8, 4) is 11.4 Å². The van der Waals surface area contributed by atoms with Gasteiger partial charge in [0, 0.05) is 26.2 Å². The first kappa shape index (κ1) is 15.3. The molecule has 2 heterocycles. The number of aromatic nitrogens is 2. The van der Waals surface area contributed by atoms with Gasteiger partial charge in [-0.3, -0.25) is 5.41 Å². The van der Waals surface area contributed by atoms with Crippen LogP contribution in [0.1, 0.15) is 5.56 Å². The topological polar surface area (TPSA) is 82.1 Å². The zero-order chi connectivity index (χ0) is 16.6. The van der Waals surface area contributed by atoms with Crippen LogP contribution in [0.4, 0.5) is 19.1 Å². The summed E-state index contributed by atoms with van der Waals surface area (Å²) in [5.41, 5.74) is 5.56. The Morgan fingerprint density at radius 1 is 1.00 bits per heavy atom. The largest absolute Gasteiger partial charge is 0.416 e. The van der Waals surface area contributed by atoms with Crippen LogP contribution in [0.25, 0.3) is 11.4 Å². The van der Waals surface area contributed by atoms with Gasteiger partial charge in [0.25, 0.3) is 0 Å². The predicted octanol–water partition coefficient (Wildman–Crippen LogP) is 1.62. The molecule has 122 valence electrons. The van der Waals surface area contributed by atoms with Crippen LogP contribution in [0.3, 0.4) is 0 Å². The third-order valence-electron chi connectivity index (χ3n) is 3.78. The van der Waals surface area contributed by atoms with E-state index in [1.807, 2.05) is 4.90 Å². The van der Waals surface area contributed by atoms with Gasteiger partial charge in [0.2, 0.25) is 5.95 Å². The number of nitrogens with zero attached hydrogens (tertiary/aromatic N) is 4. The van der Waals surface area contributed by atoms with E-state index in [-0.39, 0.29) is 5.96 Å². The first-order valence-corrected chi connectivity index (χ1v) is 7.03. The number of imidazole rings is 1. The number of halogens is 3. The highest BCUT2D eigenvalue weighted by Crippen LogP contribution is 2.31. The summed E-state index contributed by atoms with van der Waals surface area (Å²) in [6, 6.07) is 4.68. The Hall–Kier alpha value is -2.58. The maximum absolute atomic E-state index is 12.7.